The number of rotatable bonds is 8. The van der Waals surface area contributed by atoms with Crippen LogP contribution < -0.4 is 0 Å². The highest BCUT2D eigenvalue weighted by Gasteiger charge is 2.59. The van der Waals surface area contributed by atoms with Crippen molar-refractivity contribution in [3.63, 3.8) is 0 Å². The van der Waals surface area contributed by atoms with Crippen molar-refractivity contribution in [2.24, 2.45) is 0 Å². The Balaban J connectivity index is 1.21. The molecule has 0 amide bonds. The van der Waals surface area contributed by atoms with Gasteiger partial charge in [0, 0.05) is 0 Å². The molecule has 394 valence electrons. The Morgan fingerprint density at radius 2 is 0.471 bits per heavy atom. The molecule has 30 nitrogen and oxygen atoms in total. The van der Waals surface area contributed by atoms with Gasteiger partial charge in [-0.2, -0.15) is 0 Å². The molecule has 0 unspecified atom stereocenters. The number of aliphatic hydroxyl groups excluding tert-OH is 17. The van der Waals surface area contributed by atoms with E-state index < -0.39 is 224 Å². The summed E-state index contributed by atoms with van der Waals surface area (Å²) in [6, 6.07) is 0. The molecule has 12 bridgehead atoms. The second kappa shape index (κ2) is 23.1. The second-order valence-corrected chi connectivity index (χ2v) is 17.1. The van der Waals surface area contributed by atoms with E-state index in [-0.39, 0.29) is 0 Å². The Labute approximate surface area is 384 Å². The van der Waals surface area contributed by atoms with E-state index in [1.54, 1.807) is 0 Å². The zero-order valence-corrected chi connectivity index (χ0v) is 35.8. The lowest BCUT2D eigenvalue weighted by molar-refractivity contribution is -0.404. The normalized spacial score (nSPS) is 54.0. The minimum absolute atomic E-state index is 0.851. The largest absolute Gasteiger partial charge is 0.493 e. The van der Waals surface area contributed by atoms with E-state index in [9.17, 15) is 86.8 Å². The van der Waals surface area contributed by atoms with Crippen molar-refractivity contribution in [2.45, 2.75) is 184 Å². The lowest BCUT2D eigenvalue weighted by Crippen LogP contribution is -2.69. The van der Waals surface area contributed by atoms with Gasteiger partial charge in [0.25, 0.3) is 0 Å². The predicted molar refractivity (Wildman–Crippen MR) is 205 cm³/mol. The van der Waals surface area contributed by atoms with E-state index in [1.165, 1.54) is 0 Å². The van der Waals surface area contributed by atoms with Crippen molar-refractivity contribution in [2.75, 3.05) is 39.6 Å². The van der Waals surface area contributed by atoms with Crippen LogP contribution in [0.3, 0.4) is 0 Å². The SMILES string of the molecule is C=CO[C@@H]1[C@@H](O)[C@H]2O[C@H]3[C@H](O)[C@@H](O)[C@@H](O[C@H]4[C@H](O)[C@@H](O)[C@@H](O[C@H]5[C@H](O)[C@@H](O)[C@@H](O[C@H]6[C@H](O)[C@@H](O)[C@@H](O[C@H]7[C@H](O)[C@@H](O)[C@@H](O[C@H]1[C@@H](CO)O2)O[C@@H]7CO)O[C@@H]6CO)O[C@@H]5CO)O[C@@H]4CO)O[C@@H]3CO. The molecule has 0 aromatic heterocycles. The average molecular weight is 999 g/mol. The Kier molecular flexibility index (Phi) is 18.4. The van der Waals surface area contributed by atoms with Crippen molar-refractivity contribution in [3.8, 4) is 0 Å². The molecule has 22 fully saturated rings. The molecular formula is C38H62O30. The van der Waals surface area contributed by atoms with Crippen LogP contribution in [0.15, 0.2) is 12.8 Å². The van der Waals surface area contributed by atoms with Crippen LogP contribution in [0.4, 0.5) is 0 Å². The van der Waals surface area contributed by atoms with Gasteiger partial charge >= 0.3 is 0 Å². The standard InChI is InChI=1S/C38H62O30/c1-2-56-32-25(55)38-62-14(8-44)31(32)68-37-24(54)19(49)29(12(6-42)61-37)66-35-22(52)17(47)27(10(4-40)59-35)64-33-20(50)15(45)26(9(3-39)57-33)63-34-21(51)16(46)28(11(5-41)58-34)65-36-23(53)18(48)30(67-38)13(7-43)60-36/h2,9-55H,1,3-8H2/t9-,10-,11-,12-,13-,14-,15-,16-,17-,18-,19-,20-,21-,22-,23-,24-,25-,26-,27-,28-,29-,30-,31+,32-,33-,34-,35-,36-,37-,38-/m1/s1. The van der Waals surface area contributed by atoms with Crippen molar-refractivity contribution >= 4 is 0 Å². The lowest BCUT2D eigenvalue weighted by atomic mass is 9.94. The molecule has 0 aliphatic carbocycles. The molecule has 22 heterocycles. The van der Waals surface area contributed by atoms with E-state index in [2.05, 4.69) is 6.58 Å². The van der Waals surface area contributed by atoms with Crippen LogP contribution in [0.5, 0.6) is 0 Å². The van der Waals surface area contributed by atoms with Gasteiger partial charge < -0.3 is 148 Å². The molecule has 22 aliphatic heterocycles. The van der Waals surface area contributed by atoms with Gasteiger partial charge in [0.05, 0.1) is 45.9 Å². The molecule has 0 radical (unpaired) electrons. The summed E-state index contributed by atoms with van der Waals surface area (Å²) in [4.78, 5) is 0. The zero-order valence-electron chi connectivity index (χ0n) is 35.8. The van der Waals surface area contributed by atoms with E-state index >= 15 is 0 Å². The van der Waals surface area contributed by atoms with Gasteiger partial charge in [0.1, 0.15) is 140 Å². The smallest absolute Gasteiger partial charge is 0.188 e. The van der Waals surface area contributed by atoms with E-state index in [1.807, 2.05) is 0 Å². The van der Waals surface area contributed by atoms with Gasteiger partial charge in [0.2, 0.25) is 0 Å². The maximum atomic E-state index is 11.5. The molecule has 0 aromatic carbocycles. The van der Waals surface area contributed by atoms with Crippen LogP contribution >= 0.6 is 0 Å². The first-order valence-electron chi connectivity index (χ1n) is 21.7. The Bertz CT molecular complexity index is 1580. The van der Waals surface area contributed by atoms with Crippen LogP contribution in [-0.2, 0) is 61.6 Å². The van der Waals surface area contributed by atoms with Gasteiger partial charge in [-0.3, -0.25) is 0 Å². The van der Waals surface area contributed by atoms with Crippen LogP contribution in [0, 0.1) is 0 Å². The maximum absolute atomic E-state index is 11.5. The molecule has 0 spiro atoms. The summed E-state index contributed by atoms with van der Waals surface area (Å²) >= 11 is 0. The van der Waals surface area contributed by atoms with Crippen molar-refractivity contribution in [3.05, 3.63) is 12.8 Å². The summed E-state index contributed by atoms with van der Waals surface area (Å²) in [5.74, 6) is 0. The molecule has 68 heavy (non-hydrogen) atoms. The third kappa shape index (κ3) is 10.4. The Morgan fingerprint density at radius 1 is 0.279 bits per heavy atom. The van der Waals surface area contributed by atoms with Crippen molar-refractivity contribution < 1.29 is 148 Å². The molecule has 0 saturated carbocycles. The molecule has 30 atom stereocenters. The maximum Gasteiger partial charge on any atom is 0.188 e. The quantitative estimate of drug-likeness (QED) is 0.100. The molecule has 22 aliphatic rings. The van der Waals surface area contributed by atoms with Gasteiger partial charge in [-0.05, 0) is 0 Å². The van der Waals surface area contributed by atoms with Gasteiger partial charge in [-0.15, -0.1) is 0 Å². The lowest BCUT2D eigenvalue weighted by Gasteiger charge is -2.51. The molecule has 0 aromatic rings. The summed E-state index contributed by atoms with van der Waals surface area (Å²) in [5.41, 5.74) is 0. The fourth-order valence-corrected chi connectivity index (χ4v) is 9.18. The Morgan fingerprint density at radius 3 is 0.676 bits per heavy atom. The zero-order chi connectivity index (χ0) is 49.5. The van der Waals surface area contributed by atoms with E-state index in [4.69, 9.17) is 61.6 Å². The summed E-state index contributed by atoms with van der Waals surface area (Å²) in [5, 5.41) is 186. The second-order valence-electron chi connectivity index (χ2n) is 17.1. The third-order valence-electron chi connectivity index (χ3n) is 12.9. The summed E-state index contributed by atoms with van der Waals surface area (Å²) in [7, 11) is 0. The molecule has 30 heteroatoms. The molecule has 22 rings (SSSR count). The van der Waals surface area contributed by atoms with E-state index in [0.717, 1.165) is 6.26 Å². The van der Waals surface area contributed by atoms with Gasteiger partial charge in [-0.25, -0.2) is 0 Å². The summed E-state index contributed by atoms with van der Waals surface area (Å²) in [6.45, 7) is -2.43. The highest BCUT2D eigenvalue weighted by atomic mass is 16.8. The third-order valence-corrected chi connectivity index (χ3v) is 12.9. The number of hydrogen-bond donors (Lipinski definition) is 17. The minimum Gasteiger partial charge on any atom is -0.493 e. The van der Waals surface area contributed by atoms with Crippen LogP contribution in [0.1, 0.15) is 0 Å². The first kappa shape index (κ1) is 54.2. The number of aliphatic hydroxyl groups is 17. The highest BCUT2D eigenvalue weighted by molar-refractivity contribution is 5.01. The first-order valence-corrected chi connectivity index (χ1v) is 21.7. The van der Waals surface area contributed by atoms with Crippen molar-refractivity contribution in [1.29, 1.82) is 0 Å². The average Bonchev–Trinajstić information content (AvgIpc) is 3.33. The van der Waals surface area contributed by atoms with Gasteiger partial charge in [-0.1, -0.05) is 6.58 Å². The first-order chi connectivity index (χ1) is 32.5. The fraction of sp³-hybridized carbons (Fsp3) is 0.947. The van der Waals surface area contributed by atoms with Crippen LogP contribution in [0.25, 0.3) is 0 Å². The topological polar surface area (TPSA) is 464 Å². The molecular weight excluding hydrogens is 936 g/mol. The van der Waals surface area contributed by atoms with Crippen LogP contribution in [0.2, 0.25) is 0 Å². The highest BCUT2D eigenvalue weighted by Crippen LogP contribution is 2.38. The number of ether oxygens (including phenoxy) is 13. The number of hydrogen-bond acceptors (Lipinski definition) is 30. The Hall–Kier alpha value is -1.62. The van der Waals surface area contributed by atoms with E-state index in [0.29, 0.717) is 0 Å². The van der Waals surface area contributed by atoms with Gasteiger partial charge in [0.15, 0.2) is 43.8 Å². The fourth-order valence-electron chi connectivity index (χ4n) is 9.18. The molecule has 22 saturated heterocycles. The predicted octanol–water partition coefficient (Wildman–Crippen LogP) is -11.9. The van der Waals surface area contributed by atoms with Crippen LogP contribution in [-0.4, -0.2) is 311 Å². The minimum atomic E-state index is -2.15. The molecule has 17 N–H and O–H groups in total. The summed E-state index contributed by atoms with van der Waals surface area (Å²) in [6.07, 6.45) is -56.4. The monoisotopic (exact) mass is 998 g/mol. The summed E-state index contributed by atoms with van der Waals surface area (Å²) < 4.78 is 74.3. The van der Waals surface area contributed by atoms with Crippen molar-refractivity contribution in [1.82, 2.24) is 0 Å².